The van der Waals surface area contributed by atoms with E-state index in [1.54, 1.807) is 24.0 Å². The SMILES string of the molecule is Cc1cc(C)c(C(=O)N2CCN(c3ccccc3C#N)CC2)cc1C(=O)O. The third kappa shape index (κ3) is 3.63. The molecule has 1 fully saturated rings. The van der Waals surface area contributed by atoms with Crippen LogP contribution in [-0.4, -0.2) is 48.1 Å². The molecular formula is C21H21N3O3. The Kier molecular flexibility index (Phi) is 5.13. The molecule has 1 saturated heterocycles. The number of para-hydroxylation sites is 1. The van der Waals surface area contributed by atoms with Crippen LogP contribution >= 0.6 is 0 Å². The number of nitriles is 1. The summed E-state index contributed by atoms with van der Waals surface area (Å²) < 4.78 is 0. The summed E-state index contributed by atoms with van der Waals surface area (Å²) in [4.78, 5) is 28.2. The van der Waals surface area contributed by atoms with Gasteiger partial charge in [-0.2, -0.15) is 5.26 Å². The second-order valence-corrected chi connectivity index (χ2v) is 6.70. The maximum Gasteiger partial charge on any atom is 0.335 e. The fraction of sp³-hybridized carbons (Fsp3) is 0.286. The van der Waals surface area contributed by atoms with Gasteiger partial charge < -0.3 is 14.9 Å². The van der Waals surface area contributed by atoms with Crippen molar-refractivity contribution >= 4 is 17.6 Å². The van der Waals surface area contributed by atoms with E-state index in [-0.39, 0.29) is 11.5 Å². The van der Waals surface area contributed by atoms with Crippen LogP contribution in [0.5, 0.6) is 0 Å². The van der Waals surface area contributed by atoms with E-state index in [0.29, 0.717) is 42.9 Å². The molecule has 0 aliphatic carbocycles. The van der Waals surface area contributed by atoms with E-state index in [1.807, 2.05) is 25.1 Å². The van der Waals surface area contributed by atoms with E-state index >= 15 is 0 Å². The predicted octanol–water partition coefficient (Wildman–Crippen LogP) is 2.84. The number of hydrogen-bond acceptors (Lipinski definition) is 4. The highest BCUT2D eigenvalue weighted by Crippen LogP contribution is 2.23. The van der Waals surface area contributed by atoms with Gasteiger partial charge in [-0.15, -0.1) is 0 Å². The molecule has 2 aromatic rings. The number of piperazine rings is 1. The summed E-state index contributed by atoms with van der Waals surface area (Å²) in [7, 11) is 0. The number of rotatable bonds is 3. The van der Waals surface area contributed by atoms with Gasteiger partial charge in [0.05, 0.1) is 16.8 Å². The lowest BCUT2D eigenvalue weighted by Crippen LogP contribution is -2.49. The highest BCUT2D eigenvalue weighted by molar-refractivity contribution is 5.99. The van der Waals surface area contributed by atoms with Crippen molar-refractivity contribution in [1.82, 2.24) is 4.90 Å². The van der Waals surface area contributed by atoms with Gasteiger partial charge in [0, 0.05) is 31.7 Å². The van der Waals surface area contributed by atoms with Crippen molar-refractivity contribution in [1.29, 1.82) is 5.26 Å². The van der Waals surface area contributed by atoms with Crippen LogP contribution < -0.4 is 4.90 Å². The van der Waals surface area contributed by atoms with Gasteiger partial charge in [-0.3, -0.25) is 4.79 Å². The van der Waals surface area contributed by atoms with Crippen molar-refractivity contribution in [3.8, 4) is 6.07 Å². The third-order valence-electron chi connectivity index (χ3n) is 4.96. The molecule has 0 spiro atoms. The maximum absolute atomic E-state index is 12.9. The smallest absolute Gasteiger partial charge is 0.335 e. The fourth-order valence-corrected chi connectivity index (χ4v) is 3.48. The highest BCUT2D eigenvalue weighted by atomic mass is 16.4. The van der Waals surface area contributed by atoms with Crippen molar-refractivity contribution in [3.05, 3.63) is 64.2 Å². The molecule has 6 heteroatoms. The number of nitrogens with zero attached hydrogens (tertiary/aromatic N) is 3. The Labute approximate surface area is 158 Å². The van der Waals surface area contributed by atoms with Crippen molar-refractivity contribution in [2.45, 2.75) is 13.8 Å². The number of carbonyl (C=O) groups is 2. The Morgan fingerprint density at radius 2 is 1.63 bits per heavy atom. The summed E-state index contributed by atoms with van der Waals surface area (Å²) in [5, 5.41) is 18.6. The monoisotopic (exact) mass is 363 g/mol. The molecule has 27 heavy (non-hydrogen) atoms. The van der Waals surface area contributed by atoms with Crippen LogP contribution in [0.1, 0.15) is 37.4 Å². The standard InChI is InChI=1S/C21H21N3O3/c1-14-11-15(2)18(21(26)27)12-17(14)20(25)24-9-7-23(8-10-24)19-6-4-3-5-16(19)13-22/h3-6,11-12H,7-10H2,1-2H3,(H,26,27). The number of anilines is 1. The molecule has 138 valence electrons. The minimum Gasteiger partial charge on any atom is -0.478 e. The molecule has 0 saturated carbocycles. The van der Waals surface area contributed by atoms with Crippen LogP contribution in [0.25, 0.3) is 0 Å². The van der Waals surface area contributed by atoms with Gasteiger partial charge in [0.25, 0.3) is 5.91 Å². The number of amides is 1. The quantitative estimate of drug-likeness (QED) is 0.906. The molecule has 1 N–H and O–H groups in total. The molecule has 1 aliphatic rings. The van der Waals surface area contributed by atoms with Crippen LogP contribution in [0.4, 0.5) is 5.69 Å². The van der Waals surface area contributed by atoms with Gasteiger partial charge in [0.2, 0.25) is 0 Å². The predicted molar refractivity (Wildman–Crippen MR) is 102 cm³/mol. The molecule has 1 aliphatic heterocycles. The normalized spacial score (nSPS) is 14.0. The largest absolute Gasteiger partial charge is 0.478 e. The summed E-state index contributed by atoms with van der Waals surface area (Å²) in [6.07, 6.45) is 0. The molecule has 6 nitrogen and oxygen atoms in total. The van der Waals surface area contributed by atoms with E-state index in [4.69, 9.17) is 0 Å². The summed E-state index contributed by atoms with van der Waals surface area (Å²) >= 11 is 0. The molecule has 1 amide bonds. The molecule has 2 aromatic carbocycles. The average molecular weight is 363 g/mol. The van der Waals surface area contributed by atoms with Gasteiger partial charge in [-0.1, -0.05) is 18.2 Å². The summed E-state index contributed by atoms with van der Waals surface area (Å²) in [6, 6.07) is 12.9. The first-order chi connectivity index (χ1) is 12.9. The van der Waals surface area contributed by atoms with Crippen molar-refractivity contribution in [3.63, 3.8) is 0 Å². The minimum atomic E-state index is -1.03. The van der Waals surface area contributed by atoms with Gasteiger partial charge in [-0.25, -0.2) is 4.79 Å². The Bertz CT molecular complexity index is 938. The number of aryl methyl sites for hydroxylation is 2. The fourth-order valence-electron chi connectivity index (χ4n) is 3.48. The van der Waals surface area contributed by atoms with Crippen molar-refractivity contribution < 1.29 is 14.7 Å². The lowest BCUT2D eigenvalue weighted by atomic mass is 9.99. The number of carboxylic acids is 1. The van der Waals surface area contributed by atoms with Crippen LogP contribution in [0, 0.1) is 25.2 Å². The second kappa shape index (κ2) is 7.50. The zero-order chi connectivity index (χ0) is 19.6. The zero-order valence-electron chi connectivity index (χ0n) is 15.4. The molecule has 0 radical (unpaired) electrons. The Hall–Kier alpha value is -3.33. The zero-order valence-corrected chi connectivity index (χ0v) is 15.4. The first-order valence-electron chi connectivity index (χ1n) is 8.80. The van der Waals surface area contributed by atoms with Crippen LogP contribution in [0.3, 0.4) is 0 Å². The molecule has 1 heterocycles. The molecule has 3 rings (SSSR count). The van der Waals surface area contributed by atoms with Crippen LogP contribution in [-0.2, 0) is 0 Å². The first-order valence-corrected chi connectivity index (χ1v) is 8.80. The number of carbonyl (C=O) groups excluding carboxylic acids is 1. The number of aromatic carboxylic acids is 1. The summed E-state index contributed by atoms with van der Waals surface area (Å²) in [5.41, 5.74) is 3.52. The van der Waals surface area contributed by atoms with Gasteiger partial charge in [0.15, 0.2) is 0 Å². The Balaban J connectivity index is 1.77. The van der Waals surface area contributed by atoms with Crippen molar-refractivity contribution in [2.24, 2.45) is 0 Å². The van der Waals surface area contributed by atoms with Crippen molar-refractivity contribution in [2.75, 3.05) is 31.1 Å². The van der Waals surface area contributed by atoms with E-state index in [1.165, 1.54) is 6.07 Å². The number of benzene rings is 2. The molecule has 0 bridgehead atoms. The van der Waals surface area contributed by atoms with Crippen LogP contribution in [0.2, 0.25) is 0 Å². The molecular weight excluding hydrogens is 342 g/mol. The topological polar surface area (TPSA) is 84.6 Å². The van der Waals surface area contributed by atoms with Gasteiger partial charge in [0.1, 0.15) is 6.07 Å². The molecule has 0 aromatic heterocycles. The lowest BCUT2D eigenvalue weighted by Gasteiger charge is -2.36. The van der Waals surface area contributed by atoms with E-state index in [9.17, 15) is 20.0 Å². The van der Waals surface area contributed by atoms with Crippen LogP contribution in [0.15, 0.2) is 36.4 Å². The lowest BCUT2D eigenvalue weighted by molar-refractivity contribution is 0.0696. The van der Waals surface area contributed by atoms with Gasteiger partial charge >= 0.3 is 5.97 Å². The van der Waals surface area contributed by atoms with E-state index < -0.39 is 5.97 Å². The first kappa shape index (κ1) is 18.5. The average Bonchev–Trinajstić information content (AvgIpc) is 2.67. The summed E-state index contributed by atoms with van der Waals surface area (Å²) in [5.74, 6) is -1.18. The molecule has 0 unspecified atom stereocenters. The molecule has 0 atom stereocenters. The van der Waals surface area contributed by atoms with E-state index in [0.717, 1.165) is 11.3 Å². The third-order valence-corrected chi connectivity index (χ3v) is 4.96. The number of carboxylic acid groups (broad SMARTS) is 1. The van der Waals surface area contributed by atoms with Gasteiger partial charge in [-0.05, 0) is 43.2 Å². The maximum atomic E-state index is 12.9. The summed E-state index contributed by atoms with van der Waals surface area (Å²) in [6.45, 7) is 5.85. The Morgan fingerprint density at radius 1 is 1.00 bits per heavy atom. The highest BCUT2D eigenvalue weighted by Gasteiger charge is 2.25. The Morgan fingerprint density at radius 3 is 2.26 bits per heavy atom. The van der Waals surface area contributed by atoms with E-state index in [2.05, 4.69) is 11.0 Å². The second-order valence-electron chi connectivity index (χ2n) is 6.70. The minimum absolute atomic E-state index is 0.150. The number of hydrogen-bond donors (Lipinski definition) is 1.